The van der Waals surface area contributed by atoms with Crippen molar-refractivity contribution in [1.82, 2.24) is 0 Å². The predicted molar refractivity (Wildman–Crippen MR) is 96.1 cm³/mol. The van der Waals surface area contributed by atoms with Crippen LogP contribution >= 0.6 is 11.6 Å². The number of aliphatic hydroxyl groups is 1. The summed E-state index contributed by atoms with van der Waals surface area (Å²) in [5.41, 5.74) is -1.92. The molecule has 158 valence electrons. The predicted octanol–water partition coefficient (Wildman–Crippen LogP) is 4.16. The van der Waals surface area contributed by atoms with E-state index in [2.05, 4.69) is 15.3 Å². The molecule has 0 radical (unpaired) electrons. The monoisotopic (exact) mass is 428 g/mol. The van der Waals surface area contributed by atoms with Gasteiger partial charge in [-0.2, -0.15) is 18.3 Å². The normalized spacial score (nSPS) is 15.4. The lowest BCUT2D eigenvalue weighted by Crippen LogP contribution is -2.54. The SMILES string of the molecule is CCOC(=O)C(C)C(O)(/C=N/Nc1cc(OC(C)C)c(Cl)cc1F)C(F)(F)F. The average molecular weight is 429 g/mol. The molecule has 0 spiro atoms. The van der Waals surface area contributed by atoms with Gasteiger partial charge in [-0.05, 0) is 33.8 Å². The van der Waals surface area contributed by atoms with E-state index in [-0.39, 0.29) is 35.4 Å². The number of alkyl halides is 3. The lowest BCUT2D eigenvalue weighted by molar-refractivity contribution is -0.246. The summed E-state index contributed by atoms with van der Waals surface area (Å²) in [6, 6.07) is 2.00. The summed E-state index contributed by atoms with van der Waals surface area (Å²) in [6.45, 7) is 5.49. The second-order valence-corrected chi connectivity index (χ2v) is 6.50. The zero-order valence-corrected chi connectivity index (χ0v) is 16.4. The van der Waals surface area contributed by atoms with Crippen LogP contribution < -0.4 is 10.2 Å². The van der Waals surface area contributed by atoms with E-state index in [1.807, 2.05) is 0 Å². The number of esters is 1. The minimum absolute atomic E-state index is 0.0385. The maximum absolute atomic E-state index is 14.0. The van der Waals surface area contributed by atoms with Gasteiger partial charge in [-0.15, -0.1) is 0 Å². The van der Waals surface area contributed by atoms with Gasteiger partial charge < -0.3 is 14.6 Å². The van der Waals surface area contributed by atoms with Crippen molar-refractivity contribution in [2.45, 2.75) is 45.6 Å². The molecule has 28 heavy (non-hydrogen) atoms. The Labute approximate surface area is 164 Å². The first-order valence-corrected chi connectivity index (χ1v) is 8.62. The third-order valence-corrected chi connectivity index (χ3v) is 3.88. The fraction of sp³-hybridized carbons (Fsp3) is 0.529. The van der Waals surface area contributed by atoms with E-state index in [9.17, 15) is 27.5 Å². The molecule has 2 unspecified atom stereocenters. The third kappa shape index (κ3) is 5.71. The second kappa shape index (κ2) is 9.42. The molecule has 0 amide bonds. The molecule has 0 aliphatic carbocycles. The molecule has 2 N–H and O–H groups in total. The van der Waals surface area contributed by atoms with Crippen molar-refractivity contribution in [3.8, 4) is 5.75 Å². The summed E-state index contributed by atoms with van der Waals surface area (Å²) in [6.07, 6.45) is -5.46. The Morgan fingerprint density at radius 2 is 1.96 bits per heavy atom. The molecule has 1 rings (SSSR count). The first kappa shape index (κ1) is 24.0. The number of nitrogens with one attached hydrogen (secondary N) is 1. The fourth-order valence-electron chi connectivity index (χ4n) is 2.04. The third-order valence-electron chi connectivity index (χ3n) is 3.59. The van der Waals surface area contributed by atoms with Crippen LogP contribution in [0.25, 0.3) is 0 Å². The summed E-state index contributed by atoms with van der Waals surface area (Å²) in [5, 5.41) is 13.2. The summed E-state index contributed by atoms with van der Waals surface area (Å²) >= 11 is 5.85. The molecule has 2 atom stereocenters. The number of rotatable bonds is 8. The van der Waals surface area contributed by atoms with Crippen molar-refractivity contribution in [2.75, 3.05) is 12.0 Å². The van der Waals surface area contributed by atoms with Crippen LogP contribution in [-0.4, -0.2) is 41.8 Å². The number of halogens is 5. The van der Waals surface area contributed by atoms with E-state index < -0.39 is 29.5 Å². The Bertz CT molecular complexity index is 728. The van der Waals surface area contributed by atoms with E-state index in [1.54, 1.807) is 13.8 Å². The van der Waals surface area contributed by atoms with Gasteiger partial charge in [-0.3, -0.25) is 10.2 Å². The van der Waals surface area contributed by atoms with Gasteiger partial charge in [-0.1, -0.05) is 11.6 Å². The Morgan fingerprint density at radius 3 is 2.46 bits per heavy atom. The fourth-order valence-corrected chi connectivity index (χ4v) is 2.23. The minimum Gasteiger partial charge on any atom is -0.489 e. The van der Waals surface area contributed by atoms with Crippen LogP contribution in [0.5, 0.6) is 5.75 Å². The molecule has 0 aromatic heterocycles. The van der Waals surface area contributed by atoms with Crippen molar-refractivity contribution < 1.29 is 36.9 Å². The van der Waals surface area contributed by atoms with Crippen LogP contribution in [0.4, 0.5) is 23.2 Å². The molecule has 0 saturated carbocycles. The number of nitrogens with zero attached hydrogens (tertiary/aromatic N) is 1. The van der Waals surface area contributed by atoms with E-state index in [0.717, 1.165) is 19.1 Å². The summed E-state index contributed by atoms with van der Waals surface area (Å²) < 4.78 is 63.9. The van der Waals surface area contributed by atoms with Gasteiger partial charge in [0.1, 0.15) is 11.6 Å². The zero-order chi connectivity index (χ0) is 21.7. The van der Waals surface area contributed by atoms with Crippen molar-refractivity contribution in [3.05, 3.63) is 23.0 Å². The zero-order valence-electron chi connectivity index (χ0n) is 15.6. The number of hydrogen-bond acceptors (Lipinski definition) is 6. The first-order chi connectivity index (χ1) is 12.8. The lowest BCUT2D eigenvalue weighted by Gasteiger charge is -2.30. The number of benzene rings is 1. The van der Waals surface area contributed by atoms with Crippen LogP contribution in [0.1, 0.15) is 27.7 Å². The Hall–Kier alpha value is -2.07. The molecule has 1 aromatic carbocycles. The summed E-state index contributed by atoms with van der Waals surface area (Å²) in [5.74, 6) is -4.10. The van der Waals surface area contributed by atoms with Gasteiger partial charge in [0.25, 0.3) is 0 Å². The molecule has 11 heteroatoms. The quantitative estimate of drug-likeness (QED) is 0.281. The number of carbonyl (C=O) groups is 1. The van der Waals surface area contributed by atoms with E-state index >= 15 is 0 Å². The molecule has 0 fully saturated rings. The molecular weight excluding hydrogens is 408 g/mol. The van der Waals surface area contributed by atoms with Crippen molar-refractivity contribution in [3.63, 3.8) is 0 Å². The van der Waals surface area contributed by atoms with Gasteiger partial charge in [0.05, 0.1) is 35.6 Å². The highest BCUT2D eigenvalue weighted by Gasteiger charge is 2.59. The summed E-state index contributed by atoms with van der Waals surface area (Å²) in [7, 11) is 0. The molecule has 6 nitrogen and oxygen atoms in total. The van der Waals surface area contributed by atoms with Gasteiger partial charge in [-0.25, -0.2) is 4.39 Å². The highest BCUT2D eigenvalue weighted by molar-refractivity contribution is 6.32. The van der Waals surface area contributed by atoms with Crippen LogP contribution in [0, 0.1) is 11.7 Å². The Balaban J connectivity index is 3.14. The van der Waals surface area contributed by atoms with E-state index in [1.165, 1.54) is 6.92 Å². The lowest BCUT2D eigenvalue weighted by atomic mass is 9.89. The molecule has 0 aliphatic rings. The number of ether oxygens (including phenoxy) is 2. The van der Waals surface area contributed by atoms with Gasteiger partial charge in [0, 0.05) is 6.07 Å². The topological polar surface area (TPSA) is 80.2 Å². The maximum atomic E-state index is 14.0. The first-order valence-electron chi connectivity index (χ1n) is 8.25. The molecule has 0 saturated heterocycles. The van der Waals surface area contributed by atoms with Gasteiger partial charge in [0.15, 0.2) is 0 Å². The van der Waals surface area contributed by atoms with Crippen LogP contribution in [0.3, 0.4) is 0 Å². The van der Waals surface area contributed by atoms with Crippen molar-refractivity contribution >= 4 is 29.5 Å². The Kier molecular flexibility index (Phi) is 8.06. The van der Waals surface area contributed by atoms with Crippen LogP contribution in [-0.2, 0) is 9.53 Å². The smallest absolute Gasteiger partial charge is 0.423 e. The maximum Gasteiger partial charge on any atom is 0.423 e. The van der Waals surface area contributed by atoms with E-state index in [4.69, 9.17) is 16.3 Å². The standard InChI is InChI=1S/C17H21ClF4N2O4/c1-5-27-15(25)10(4)16(26,17(20,21)22)8-23-24-13-7-14(28-9(2)3)11(18)6-12(13)19/h6-10,24,26H,5H2,1-4H3/b23-8+. The molecule has 1 aromatic rings. The van der Waals surface area contributed by atoms with Crippen LogP contribution in [0.15, 0.2) is 17.2 Å². The number of hydrazone groups is 1. The van der Waals surface area contributed by atoms with Gasteiger partial charge in [0.2, 0.25) is 5.60 Å². The van der Waals surface area contributed by atoms with Gasteiger partial charge >= 0.3 is 12.1 Å². The van der Waals surface area contributed by atoms with Crippen molar-refractivity contribution in [2.24, 2.45) is 11.0 Å². The average Bonchev–Trinajstić information content (AvgIpc) is 2.56. The Morgan fingerprint density at radius 1 is 1.36 bits per heavy atom. The number of hydrogen-bond donors (Lipinski definition) is 2. The molecule has 0 heterocycles. The minimum atomic E-state index is -5.24. The second-order valence-electron chi connectivity index (χ2n) is 6.10. The molecule has 0 aliphatic heterocycles. The van der Waals surface area contributed by atoms with Crippen molar-refractivity contribution in [1.29, 1.82) is 0 Å². The highest BCUT2D eigenvalue weighted by Crippen LogP contribution is 2.36. The highest BCUT2D eigenvalue weighted by atomic mass is 35.5. The molecular formula is C17H21ClF4N2O4. The summed E-state index contributed by atoms with van der Waals surface area (Å²) in [4.78, 5) is 11.7. The molecule has 0 bridgehead atoms. The number of carbonyl (C=O) groups excluding carboxylic acids is 1. The van der Waals surface area contributed by atoms with Crippen LogP contribution in [0.2, 0.25) is 5.02 Å². The number of anilines is 1. The largest absolute Gasteiger partial charge is 0.489 e. The van der Waals surface area contributed by atoms with E-state index in [0.29, 0.717) is 0 Å².